The van der Waals surface area contributed by atoms with E-state index in [0.717, 1.165) is 17.5 Å². The van der Waals surface area contributed by atoms with Gasteiger partial charge in [0.15, 0.2) is 11.3 Å². The summed E-state index contributed by atoms with van der Waals surface area (Å²) in [5, 5.41) is 1.96. The third kappa shape index (κ3) is 3.19. The zero-order valence-corrected chi connectivity index (χ0v) is 14.6. The summed E-state index contributed by atoms with van der Waals surface area (Å²) in [5.41, 5.74) is 3.32. The fraction of sp³-hybridized carbons (Fsp3) is 0.471. The number of likely N-dealkylation sites (tertiary alicyclic amines) is 1. The van der Waals surface area contributed by atoms with Crippen LogP contribution in [0.5, 0.6) is 0 Å². The summed E-state index contributed by atoms with van der Waals surface area (Å²) in [6.45, 7) is 1.48. The summed E-state index contributed by atoms with van der Waals surface area (Å²) in [6, 6.07) is -0.681. The Kier molecular flexibility index (Phi) is 4.20. The second-order valence-electron chi connectivity index (χ2n) is 6.81. The first-order chi connectivity index (χ1) is 12.9. The highest BCUT2D eigenvalue weighted by Crippen LogP contribution is 2.38. The van der Waals surface area contributed by atoms with E-state index in [1.807, 2.05) is 29.0 Å². The van der Waals surface area contributed by atoms with E-state index in [0.29, 0.717) is 24.4 Å². The molecule has 1 aliphatic heterocycles. The van der Waals surface area contributed by atoms with Crippen molar-refractivity contribution in [2.75, 3.05) is 19.6 Å². The lowest BCUT2D eigenvalue weighted by molar-refractivity contribution is -0.123. The topological polar surface area (TPSA) is 78.3 Å². The predicted octanol–water partition coefficient (Wildman–Crippen LogP) is 2.91. The number of hydrogen-bond donors (Lipinski definition) is 2. The van der Waals surface area contributed by atoms with Crippen LogP contribution in [0.25, 0.3) is 16.8 Å². The number of rotatable bonds is 3. The van der Waals surface area contributed by atoms with Crippen LogP contribution >= 0.6 is 0 Å². The molecule has 27 heavy (non-hydrogen) atoms. The highest BCUT2D eigenvalue weighted by atomic mass is 19.4. The average Bonchev–Trinajstić information content (AvgIpc) is 3.33. The SMILES string of the molecule is CC[C@@H]1CN(C(=O)NCC(F)(F)F)C[C@H]1c1c[nH]c2ncc3nccn3c12. The summed E-state index contributed by atoms with van der Waals surface area (Å²) >= 11 is 0. The van der Waals surface area contributed by atoms with Gasteiger partial charge < -0.3 is 15.2 Å². The molecule has 1 saturated heterocycles. The van der Waals surface area contributed by atoms with E-state index < -0.39 is 18.8 Å². The molecular weight excluding hydrogens is 361 g/mol. The number of alkyl halides is 3. The van der Waals surface area contributed by atoms with Crippen molar-refractivity contribution >= 4 is 22.8 Å². The number of H-pyrrole nitrogens is 1. The van der Waals surface area contributed by atoms with Crippen molar-refractivity contribution in [2.24, 2.45) is 5.92 Å². The Morgan fingerprint density at radius 1 is 1.37 bits per heavy atom. The number of carbonyl (C=O) groups is 1. The van der Waals surface area contributed by atoms with Crippen molar-refractivity contribution in [3.05, 3.63) is 30.4 Å². The molecule has 7 nitrogen and oxygen atoms in total. The minimum atomic E-state index is -4.42. The van der Waals surface area contributed by atoms with Gasteiger partial charge in [-0.2, -0.15) is 13.2 Å². The molecular formula is C17H19F3N6O. The first-order valence-electron chi connectivity index (χ1n) is 8.76. The number of fused-ring (bicyclic) bond motifs is 3. The maximum absolute atomic E-state index is 12.4. The van der Waals surface area contributed by atoms with Gasteiger partial charge in [0, 0.05) is 43.2 Å². The third-order valence-corrected chi connectivity index (χ3v) is 5.17. The third-order valence-electron chi connectivity index (χ3n) is 5.17. The molecule has 144 valence electrons. The number of imidazole rings is 1. The van der Waals surface area contributed by atoms with Gasteiger partial charge in [0.1, 0.15) is 6.54 Å². The Morgan fingerprint density at radius 3 is 2.93 bits per heavy atom. The molecule has 1 fully saturated rings. The summed E-state index contributed by atoms with van der Waals surface area (Å²) < 4.78 is 39.1. The van der Waals surface area contributed by atoms with Crippen LogP contribution in [0.4, 0.5) is 18.0 Å². The van der Waals surface area contributed by atoms with E-state index in [1.54, 1.807) is 12.4 Å². The number of aromatic nitrogens is 4. The molecule has 0 bridgehead atoms. The minimum Gasteiger partial charge on any atom is -0.345 e. The number of hydrogen-bond acceptors (Lipinski definition) is 3. The molecule has 4 heterocycles. The summed E-state index contributed by atoms with van der Waals surface area (Å²) in [5.74, 6) is 0.162. The van der Waals surface area contributed by atoms with Crippen LogP contribution in [0.15, 0.2) is 24.8 Å². The van der Waals surface area contributed by atoms with Gasteiger partial charge in [-0.05, 0) is 5.92 Å². The highest BCUT2D eigenvalue weighted by molar-refractivity contribution is 5.80. The molecule has 10 heteroatoms. The molecule has 0 aliphatic carbocycles. The lowest BCUT2D eigenvalue weighted by atomic mass is 9.88. The van der Waals surface area contributed by atoms with E-state index in [1.165, 1.54) is 4.90 Å². The van der Waals surface area contributed by atoms with Gasteiger partial charge in [0.2, 0.25) is 0 Å². The zero-order chi connectivity index (χ0) is 19.2. The van der Waals surface area contributed by atoms with Crippen LogP contribution in [0.3, 0.4) is 0 Å². The summed E-state index contributed by atoms with van der Waals surface area (Å²) in [4.78, 5) is 25.4. The number of urea groups is 1. The van der Waals surface area contributed by atoms with Crippen LogP contribution in [-0.2, 0) is 0 Å². The monoisotopic (exact) mass is 380 g/mol. The molecule has 3 aromatic heterocycles. The molecule has 0 saturated carbocycles. The zero-order valence-electron chi connectivity index (χ0n) is 14.6. The Labute approximate surface area is 152 Å². The molecule has 0 aromatic carbocycles. The molecule has 2 N–H and O–H groups in total. The molecule has 3 aromatic rings. The van der Waals surface area contributed by atoms with E-state index in [-0.39, 0.29) is 11.8 Å². The lowest BCUT2D eigenvalue weighted by Gasteiger charge is -2.18. The second kappa shape index (κ2) is 6.43. The van der Waals surface area contributed by atoms with E-state index in [2.05, 4.69) is 15.0 Å². The van der Waals surface area contributed by atoms with Gasteiger partial charge in [0.05, 0.1) is 11.7 Å². The fourth-order valence-corrected chi connectivity index (χ4v) is 3.87. The standard InChI is InChI=1S/C17H19F3N6O/c1-2-10-7-25(16(27)24-9-17(18,19)20)8-12(10)11-5-22-15-14(11)26-4-3-21-13(26)6-23-15/h3-6,10,12,22H,2,7-9H2,1H3,(H,24,27)/t10-,12-/m1/s1. The van der Waals surface area contributed by atoms with E-state index in [4.69, 9.17) is 0 Å². The smallest absolute Gasteiger partial charge is 0.345 e. The first kappa shape index (κ1) is 17.6. The normalized spacial score (nSPS) is 20.7. The number of aromatic amines is 1. The van der Waals surface area contributed by atoms with Gasteiger partial charge in [-0.15, -0.1) is 0 Å². The Hall–Kier alpha value is -2.78. The number of halogens is 3. The van der Waals surface area contributed by atoms with Crippen LogP contribution < -0.4 is 5.32 Å². The van der Waals surface area contributed by atoms with Crippen LogP contribution in [-0.4, -0.2) is 56.1 Å². The number of carbonyl (C=O) groups excluding carboxylic acids is 1. The number of nitrogens with one attached hydrogen (secondary N) is 2. The van der Waals surface area contributed by atoms with Gasteiger partial charge in [-0.3, -0.25) is 4.40 Å². The maximum Gasteiger partial charge on any atom is 0.405 e. The van der Waals surface area contributed by atoms with Gasteiger partial charge in [-0.25, -0.2) is 14.8 Å². The van der Waals surface area contributed by atoms with Crippen LogP contribution in [0.1, 0.15) is 24.8 Å². The predicted molar refractivity (Wildman–Crippen MR) is 92.4 cm³/mol. The quantitative estimate of drug-likeness (QED) is 0.733. The average molecular weight is 380 g/mol. The largest absolute Gasteiger partial charge is 0.405 e. The van der Waals surface area contributed by atoms with Crippen molar-refractivity contribution in [1.82, 2.24) is 29.6 Å². The molecule has 0 unspecified atom stereocenters. The molecule has 1 aliphatic rings. The Morgan fingerprint density at radius 2 is 2.19 bits per heavy atom. The summed E-state index contributed by atoms with van der Waals surface area (Å²) in [6.07, 6.45) is 3.48. The number of nitrogens with zero attached hydrogens (tertiary/aromatic N) is 4. The van der Waals surface area contributed by atoms with E-state index in [9.17, 15) is 18.0 Å². The Balaban J connectivity index is 1.63. The molecule has 0 spiro atoms. The molecule has 2 atom stereocenters. The lowest BCUT2D eigenvalue weighted by Crippen LogP contribution is -2.42. The molecule has 0 radical (unpaired) electrons. The van der Waals surface area contributed by atoms with Crippen molar-refractivity contribution in [2.45, 2.75) is 25.4 Å². The van der Waals surface area contributed by atoms with Crippen molar-refractivity contribution in [3.8, 4) is 0 Å². The van der Waals surface area contributed by atoms with Gasteiger partial charge >= 0.3 is 12.2 Å². The number of amides is 2. The molecule has 4 rings (SSSR count). The highest BCUT2D eigenvalue weighted by Gasteiger charge is 2.38. The van der Waals surface area contributed by atoms with Crippen molar-refractivity contribution < 1.29 is 18.0 Å². The van der Waals surface area contributed by atoms with Gasteiger partial charge in [-0.1, -0.05) is 13.3 Å². The molecule has 2 amide bonds. The fourth-order valence-electron chi connectivity index (χ4n) is 3.87. The van der Waals surface area contributed by atoms with Crippen LogP contribution in [0, 0.1) is 5.92 Å². The minimum absolute atomic E-state index is 0.00943. The van der Waals surface area contributed by atoms with E-state index >= 15 is 0 Å². The van der Waals surface area contributed by atoms with Crippen molar-refractivity contribution in [1.29, 1.82) is 0 Å². The van der Waals surface area contributed by atoms with Crippen LogP contribution in [0.2, 0.25) is 0 Å². The van der Waals surface area contributed by atoms with Crippen molar-refractivity contribution in [3.63, 3.8) is 0 Å². The summed E-state index contributed by atoms with van der Waals surface area (Å²) in [7, 11) is 0. The maximum atomic E-state index is 12.4. The first-order valence-corrected chi connectivity index (χ1v) is 8.76. The Bertz CT molecular complexity index is 978. The van der Waals surface area contributed by atoms with Gasteiger partial charge in [0.25, 0.3) is 0 Å². The second-order valence-corrected chi connectivity index (χ2v) is 6.81.